The van der Waals surface area contributed by atoms with E-state index < -0.39 is 5.60 Å². The molecule has 2 unspecified atom stereocenters. The number of ether oxygens (including phenoxy) is 1. The normalized spacial score (nSPS) is 26.4. The highest BCUT2D eigenvalue weighted by Gasteiger charge is 2.39. The molecule has 1 aliphatic carbocycles. The van der Waals surface area contributed by atoms with Crippen LogP contribution in [0.25, 0.3) is 0 Å². The van der Waals surface area contributed by atoms with Crippen LogP contribution in [0.4, 0.5) is 4.79 Å². The third kappa shape index (κ3) is 2.90. The van der Waals surface area contributed by atoms with Gasteiger partial charge >= 0.3 is 6.09 Å². The van der Waals surface area contributed by atoms with Gasteiger partial charge in [0.05, 0.1) is 6.04 Å². The highest BCUT2D eigenvalue weighted by atomic mass is 79.9. The van der Waals surface area contributed by atoms with Gasteiger partial charge in [-0.3, -0.25) is 4.90 Å². The van der Waals surface area contributed by atoms with Crippen molar-refractivity contribution >= 4 is 33.6 Å². The Hall–Kier alpha value is -0.740. The monoisotopic (exact) mass is 345 g/mol. The van der Waals surface area contributed by atoms with E-state index in [4.69, 9.17) is 16.3 Å². The number of halogens is 2. The molecule has 0 fully saturated rings. The minimum atomic E-state index is -0.504. The average molecular weight is 347 g/mol. The molecule has 3 nitrogen and oxygen atoms in total. The molecule has 19 heavy (non-hydrogen) atoms. The summed E-state index contributed by atoms with van der Waals surface area (Å²) in [5, 5.41) is 0.728. The lowest BCUT2D eigenvalue weighted by atomic mass is 9.90. The molecule has 0 radical (unpaired) electrons. The number of nitrogens with zero attached hydrogens (tertiary/aromatic N) is 1. The number of hydrogen-bond donors (Lipinski definition) is 0. The fourth-order valence-corrected chi connectivity index (χ4v) is 3.04. The number of carbonyl (C=O) groups is 1. The molecule has 0 N–H and O–H groups in total. The Kier molecular flexibility index (Phi) is 3.85. The molecule has 1 heterocycles. The van der Waals surface area contributed by atoms with Gasteiger partial charge in [0.25, 0.3) is 0 Å². The predicted octanol–water partition coefficient (Wildman–Crippen LogP) is 4.54. The first-order valence-corrected chi connectivity index (χ1v) is 7.34. The van der Waals surface area contributed by atoms with E-state index in [1.807, 2.05) is 39.8 Å². The van der Waals surface area contributed by atoms with E-state index in [-0.39, 0.29) is 18.1 Å². The van der Waals surface area contributed by atoms with Gasteiger partial charge in [-0.25, -0.2) is 4.79 Å². The highest BCUT2D eigenvalue weighted by molar-refractivity contribution is 9.12. The van der Waals surface area contributed by atoms with Gasteiger partial charge in [0.2, 0.25) is 0 Å². The first kappa shape index (κ1) is 14.7. The second kappa shape index (κ2) is 4.98. The molecule has 0 aromatic carbocycles. The lowest BCUT2D eigenvalue weighted by molar-refractivity contribution is 0.0282. The Morgan fingerprint density at radius 1 is 1.47 bits per heavy atom. The molecule has 0 spiro atoms. The molecule has 104 valence electrons. The van der Waals surface area contributed by atoms with Crippen molar-refractivity contribution in [3.05, 3.63) is 33.4 Å². The number of amides is 1. The van der Waals surface area contributed by atoms with Crippen LogP contribution >= 0.6 is 27.5 Å². The van der Waals surface area contributed by atoms with Gasteiger partial charge in [0.1, 0.15) is 5.60 Å². The first-order chi connectivity index (χ1) is 8.70. The summed E-state index contributed by atoms with van der Waals surface area (Å²) in [4.78, 5) is 13.8. The van der Waals surface area contributed by atoms with E-state index in [2.05, 4.69) is 15.9 Å². The molecular formula is C14H17BrClNO2. The fourth-order valence-electron chi connectivity index (χ4n) is 2.24. The van der Waals surface area contributed by atoms with Crippen LogP contribution in [0.5, 0.6) is 0 Å². The molecule has 0 saturated carbocycles. The molecule has 1 aliphatic heterocycles. The largest absolute Gasteiger partial charge is 0.443 e. The summed E-state index contributed by atoms with van der Waals surface area (Å²) in [6.07, 6.45) is 5.30. The van der Waals surface area contributed by atoms with Gasteiger partial charge in [-0.2, -0.15) is 0 Å². The van der Waals surface area contributed by atoms with Crippen molar-refractivity contribution in [1.82, 2.24) is 4.90 Å². The third-order valence-corrected chi connectivity index (χ3v) is 4.50. The summed E-state index contributed by atoms with van der Waals surface area (Å²) in [5.41, 5.74) is 0.560. The van der Waals surface area contributed by atoms with Crippen molar-refractivity contribution in [2.24, 2.45) is 5.92 Å². The molecule has 0 saturated heterocycles. The molecule has 2 atom stereocenters. The Bertz CT molecular complexity index is 502. The van der Waals surface area contributed by atoms with Gasteiger partial charge < -0.3 is 4.74 Å². The molecule has 0 bridgehead atoms. The minimum Gasteiger partial charge on any atom is -0.443 e. The Balaban J connectivity index is 2.23. The van der Waals surface area contributed by atoms with Gasteiger partial charge in [0.15, 0.2) is 0 Å². The zero-order valence-electron chi connectivity index (χ0n) is 11.4. The maximum atomic E-state index is 12.2. The van der Waals surface area contributed by atoms with E-state index in [1.54, 1.807) is 11.1 Å². The van der Waals surface area contributed by atoms with E-state index in [0.717, 1.165) is 15.1 Å². The third-order valence-electron chi connectivity index (χ3n) is 3.07. The van der Waals surface area contributed by atoms with Crippen LogP contribution in [0.2, 0.25) is 0 Å². The number of carbonyl (C=O) groups excluding carboxylic acids is 1. The number of rotatable bonds is 0. The minimum absolute atomic E-state index is 0.0403. The van der Waals surface area contributed by atoms with Crippen molar-refractivity contribution in [3.63, 3.8) is 0 Å². The van der Waals surface area contributed by atoms with Crippen molar-refractivity contribution in [2.75, 3.05) is 0 Å². The van der Waals surface area contributed by atoms with Crippen molar-refractivity contribution in [1.29, 1.82) is 0 Å². The number of hydrogen-bond acceptors (Lipinski definition) is 2. The summed E-state index contributed by atoms with van der Waals surface area (Å²) < 4.78 is 6.30. The van der Waals surface area contributed by atoms with Crippen molar-refractivity contribution < 1.29 is 9.53 Å². The summed E-state index contributed by atoms with van der Waals surface area (Å²) >= 11 is 9.71. The molecule has 5 heteroatoms. The van der Waals surface area contributed by atoms with E-state index in [9.17, 15) is 4.79 Å². The molecule has 0 aromatic heterocycles. The second-order valence-electron chi connectivity index (χ2n) is 5.78. The lowest BCUT2D eigenvalue weighted by Crippen LogP contribution is -2.42. The second-order valence-corrected chi connectivity index (χ2v) is 7.04. The van der Waals surface area contributed by atoms with Gasteiger partial charge in [-0.05, 0) is 54.4 Å². The Labute approximate surface area is 127 Å². The lowest BCUT2D eigenvalue weighted by Gasteiger charge is -2.33. The maximum Gasteiger partial charge on any atom is 0.414 e. The summed E-state index contributed by atoms with van der Waals surface area (Å²) in [7, 11) is 0. The Morgan fingerprint density at radius 2 is 2.11 bits per heavy atom. The molecule has 2 aliphatic rings. The van der Waals surface area contributed by atoms with Gasteiger partial charge in [0, 0.05) is 21.6 Å². The van der Waals surface area contributed by atoms with Crippen LogP contribution in [0, 0.1) is 5.92 Å². The standard InChI is InChI=1S/C14H17BrClNO2/c1-8-11(16)10(15)7-9-5-6-17(12(8)9)13(18)19-14(2,3)4/h5-8,12H,1-4H3. The molecule has 1 amide bonds. The summed E-state index contributed by atoms with van der Waals surface area (Å²) in [6, 6.07) is -0.0800. The van der Waals surface area contributed by atoms with Crippen molar-refractivity contribution in [2.45, 2.75) is 39.3 Å². The maximum absolute atomic E-state index is 12.2. The quantitative estimate of drug-likeness (QED) is 0.644. The van der Waals surface area contributed by atoms with Crippen molar-refractivity contribution in [3.8, 4) is 0 Å². The topological polar surface area (TPSA) is 29.5 Å². The molecular weight excluding hydrogens is 330 g/mol. The summed E-state index contributed by atoms with van der Waals surface area (Å²) in [5.74, 6) is 0.0403. The van der Waals surface area contributed by atoms with Crippen LogP contribution in [-0.4, -0.2) is 22.6 Å². The highest BCUT2D eigenvalue weighted by Crippen LogP contribution is 2.41. The van der Waals surface area contributed by atoms with E-state index >= 15 is 0 Å². The zero-order chi connectivity index (χ0) is 14.4. The van der Waals surface area contributed by atoms with Crippen LogP contribution < -0.4 is 0 Å². The average Bonchev–Trinajstić information content (AvgIpc) is 2.67. The number of allylic oxidation sites excluding steroid dienone is 2. The first-order valence-electron chi connectivity index (χ1n) is 6.17. The van der Waals surface area contributed by atoms with Crippen LogP contribution in [0.15, 0.2) is 33.4 Å². The molecule has 0 aromatic rings. The van der Waals surface area contributed by atoms with E-state index in [1.165, 1.54) is 0 Å². The SMILES string of the molecule is CC1C(Cl)=C(Br)C=C2C=CN(C(=O)OC(C)(C)C)C21. The fraction of sp³-hybridized carbons (Fsp3) is 0.500. The Morgan fingerprint density at radius 3 is 2.68 bits per heavy atom. The van der Waals surface area contributed by atoms with Crippen LogP contribution in [0.1, 0.15) is 27.7 Å². The number of fused-ring (bicyclic) bond motifs is 1. The molecule has 2 rings (SSSR count). The van der Waals surface area contributed by atoms with Crippen LogP contribution in [0.3, 0.4) is 0 Å². The van der Waals surface area contributed by atoms with E-state index in [0.29, 0.717) is 0 Å². The van der Waals surface area contributed by atoms with Crippen LogP contribution in [-0.2, 0) is 4.74 Å². The summed E-state index contributed by atoms with van der Waals surface area (Å²) in [6.45, 7) is 7.57. The van der Waals surface area contributed by atoms with Gasteiger partial charge in [-0.1, -0.05) is 18.5 Å². The predicted molar refractivity (Wildman–Crippen MR) is 80.1 cm³/mol. The smallest absolute Gasteiger partial charge is 0.414 e. The zero-order valence-corrected chi connectivity index (χ0v) is 13.7. The van der Waals surface area contributed by atoms with Gasteiger partial charge in [-0.15, -0.1) is 0 Å².